The molecule has 2 aromatic heterocycles. The highest BCUT2D eigenvalue weighted by Crippen LogP contribution is 2.40. The predicted molar refractivity (Wildman–Crippen MR) is 78.1 cm³/mol. The number of aliphatic hydroxyl groups is 3. The smallest absolute Gasteiger partial charge is 0.282 e. The summed E-state index contributed by atoms with van der Waals surface area (Å²) in [7, 11) is 1.45. The van der Waals surface area contributed by atoms with Gasteiger partial charge >= 0.3 is 0 Å². The Morgan fingerprint density at radius 2 is 2.23 bits per heavy atom. The Morgan fingerprint density at radius 3 is 2.82 bits per heavy atom. The van der Waals surface area contributed by atoms with Gasteiger partial charge in [-0.3, -0.25) is 13.9 Å². The van der Waals surface area contributed by atoms with E-state index in [9.17, 15) is 20.1 Å². The Balaban J connectivity index is 2.21. The van der Waals surface area contributed by atoms with Crippen LogP contribution in [0.5, 0.6) is 0 Å². The number of aromatic nitrogens is 4. The van der Waals surface area contributed by atoms with Gasteiger partial charge in [-0.05, 0) is 0 Å². The highest BCUT2D eigenvalue weighted by molar-refractivity contribution is 7.81. The van der Waals surface area contributed by atoms with E-state index in [1.54, 1.807) is 0 Å². The maximum Gasteiger partial charge on any atom is 0.282 e. The molecule has 1 saturated heterocycles. The number of hydrogen-bond donors (Lipinski definition) is 5. The number of aliphatic hydroxyl groups excluding tert-OH is 3. The van der Waals surface area contributed by atoms with Crippen molar-refractivity contribution in [3.05, 3.63) is 16.7 Å². The van der Waals surface area contributed by atoms with Crippen LogP contribution in [-0.2, 0) is 16.8 Å². The Hall–Kier alpha value is -1.66. The lowest BCUT2D eigenvalue weighted by atomic mass is 10.1. The van der Waals surface area contributed by atoms with Gasteiger partial charge in [-0.2, -0.15) is 4.98 Å². The second kappa shape index (κ2) is 4.93. The molecule has 0 spiro atoms. The monoisotopic (exact) mass is 329 g/mol. The molecule has 0 unspecified atom stereocenters. The van der Waals surface area contributed by atoms with Crippen molar-refractivity contribution in [2.24, 2.45) is 7.05 Å². The molecule has 0 amide bonds. The molecule has 3 rings (SSSR count). The summed E-state index contributed by atoms with van der Waals surface area (Å²) in [5.41, 5.74) is 5.27. The van der Waals surface area contributed by atoms with Gasteiger partial charge in [0, 0.05) is 7.05 Å². The molecule has 0 aromatic carbocycles. The third kappa shape index (κ3) is 1.87. The standard InChI is InChI=1S/C11H15N5O5S/c1-15-9(20)5-8(14-10(15)12)16(3-13-5)11(22)7(19)6(18)4(2-17)21-11/h3-4,6-7,17-19,22H,2H2,1H3,(H2,12,14)/t4-,6-,7-,11+/m1/s1. The molecule has 3 heterocycles. The summed E-state index contributed by atoms with van der Waals surface area (Å²) in [5, 5.41) is 27.5. The first-order chi connectivity index (χ1) is 10.3. The van der Waals surface area contributed by atoms with E-state index in [2.05, 4.69) is 22.6 Å². The highest BCUT2D eigenvalue weighted by Gasteiger charge is 2.54. The molecule has 5 N–H and O–H groups in total. The van der Waals surface area contributed by atoms with Crippen LogP contribution in [0.3, 0.4) is 0 Å². The van der Waals surface area contributed by atoms with E-state index in [1.807, 2.05) is 0 Å². The fourth-order valence-corrected chi connectivity index (χ4v) is 2.85. The third-order valence-corrected chi connectivity index (χ3v) is 4.34. The van der Waals surface area contributed by atoms with Gasteiger partial charge in [-0.15, -0.1) is 12.6 Å². The Labute approximate surface area is 129 Å². The SMILES string of the molecule is Cn1c(N)nc2c(ncn2[C@]2(S)O[C@H](CO)[C@@H](O)[C@H]2O)c1=O. The van der Waals surface area contributed by atoms with Gasteiger partial charge in [0.2, 0.25) is 11.0 Å². The number of rotatable bonds is 2. The van der Waals surface area contributed by atoms with Crippen molar-refractivity contribution in [2.75, 3.05) is 12.3 Å². The van der Waals surface area contributed by atoms with Crippen molar-refractivity contribution in [3.8, 4) is 0 Å². The molecule has 0 saturated carbocycles. The second-order valence-corrected chi connectivity index (χ2v) is 5.69. The van der Waals surface area contributed by atoms with Crippen LogP contribution in [0.1, 0.15) is 0 Å². The molecule has 4 atom stereocenters. The van der Waals surface area contributed by atoms with E-state index in [0.29, 0.717) is 0 Å². The second-order valence-electron chi connectivity index (χ2n) is 5.05. The van der Waals surface area contributed by atoms with E-state index in [4.69, 9.17) is 10.5 Å². The summed E-state index contributed by atoms with van der Waals surface area (Å²) in [6, 6.07) is 0. The first-order valence-electron chi connectivity index (χ1n) is 6.38. The number of ether oxygens (including phenoxy) is 1. The molecule has 1 aliphatic heterocycles. The van der Waals surface area contributed by atoms with E-state index in [1.165, 1.54) is 17.9 Å². The molecular weight excluding hydrogens is 314 g/mol. The van der Waals surface area contributed by atoms with Crippen LogP contribution in [0.15, 0.2) is 11.1 Å². The number of nitrogens with two attached hydrogens (primary N) is 1. The zero-order valence-electron chi connectivity index (χ0n) is 11.5. The first-order valence-corrected chi connectivity index (χ1v) is 6.83. The van der Waals surface area contributed by atoms with Crippen molar-refractivity contribution >= 4 is 29.7 Å². The molecule has 1 aliphatic rings. The number of fused-ring (bicyclic) bond motifs is 1. The number of nitrogens with zero attached hydrogens (tertiary/aromatic N) is 4. The van der Waals surface area contributed by atoms with Crippen molar-refractivity contribution < 1.29 is 20.1 Å². The minimum Gasteiger partial charge on any atom is -0.394 e. The quantitative estimate of drug-likeness (QED) is 0.376. The van der Waals surface area contributed by atoms with Gasteiger partial charge in [0.05, 0.1) is 6.61 Å². The molecule has 0 bridgehead atoms. The van der Waals surface area contributed by atoms with Crippen LogP contribution in [-0.4, -0.2) is 59.3 Å². The van der Waals surface area contributed by atoms with Crippen molar-refractivity contribution in [3.63, 3.8) is 0 Å². The lowest BCUT2D eigenvalue weighted by Gasteiger charge is -2.28. The van der Waals surface area contributed by atoms with E-state index < -0.39 is 35.5 Å². The van der Waals surface area contributed by atoms with Gasteiger partial charge in [0.1, 0.15) is 24.6 Å². The predicted octanol–water partition coefficient (Wildman–Crippen LogP) is -2.63. The van der Waals surface area contributed by atoms with Crippen LogP contribution in [0.4, 0.5) is 5.95 Å². The van der Waals surface area contributed by atoms with Gasteiger partial charge in [-0.25, -0.2) is 4.98 Å². The minimum atomic E-state index is -1.74. The molecule has 120 valence electrons. The first kappa shape index (κ1) is 15.2. The average molecular weight is 329 g/mol. The Kier molecular flexibility index (Phi) is 3.41. The molecular formula is C11H15N5O5S. The number of nitrogen functional groups attached to an aromatic ring is 1. The summed E-state index contributed by atoms with van der Waals surface area (Å²) in [4.78, 5) is 20.1. The molecule has 11 heteroatoms. The number of imidazole rings is 1. The van der Waals surface area contributed by atoms with Crippen molar-refractivity contribution in [1.29, 1.82) is 0 Å². The summed E-state index contributed by atoms with van der Waals surface area (Å²) < 4.78 is 7.76. The minimum absolute atomic E-state index is 0.0165. The molecule has 0 aliphatic carbocycles. The van der Waals surface area contributed by atoms with Gasteiger partial charge < -0.3 is 25.8 Å². The largest absolute Gasteiger partial charge is 0.394 e. The molecule has 22 heavy (non-hydrogen) atoms. The van der Waals surface area contributed by atoms with Crippen LogP contribution in [0.25, 0.3) is 11.2 Å². The average Bonchev–Trinajstić information content (AvgIpc) is 3.01. The van der Waals surface area contributed by atoms with Crippen LogP contribution < -0.4 is 11.3 Å². The Morgan fingerprint density at radius 1 is 1.55 bits per heavy atom. The van der Waals surface area contributed by atoms with Crippen LogP contribution in [0, 0.1) is 0 Å². The number of hydrogen-bond acceptors (Lipinski definition) is 9. The summed E-state index contributed by atoms with van der Waals surface area (Å²) in [6.45, 7) is -0.509. The van der Waals surface area contributed by atoms with Gasteiger partial charge in [-0.1, -0.05) is 0 Å². The maximum absolute atomic E-state index is 12.1. The lowest BCUT2D eigenvalue weighted by Crippen LogP contribution is -2.41. The van der Waals surface area contributed by atoms with E-state index in [0.717, 1.165) is 4.57 Å². The number of anilines is 1. The number of thiol groups is 1. The zero-order valence-corrected chi connectivity index (χ0v) is 12.4. The lowest BCUT2D eigenvalue weighted by molar-refractivity contribution is -0.0760. The topological polar surface area (TPSA) is 149 Å². The van der Waals surface area contributed by atoms with Crippen LogP contribution in [0.2, 0.25) is 0 Å². The fourth-order valence-electron chi connectivity index (χ4n) is 2.41. The fraction of sp³-hybridized carbons (Fsp3) is 0.545. The molecule has 2 aromatic rings. The Bertz CT molecular complexity index is 791. The summed E-state index contributed by atoms with van der Waals surface area (Å²) >= 11 is 4.26. The van der Waals surface area contributed by atoms with Crippen molar-refractivity contribution in [1.82, 2.24) is 19.1 Å². The highest BCUT2D eigenvalue weighted by atomic mass is 32.1. The van der Waals surface area contributed by atoms with E-state index >= 15 is 0 Å². The summed E-state index contributed by atoms with van der Waals surface area (Å²) in [5.74, 6) is -0.0528. The van der Waals surface area contributed by atoms with Gasteiger partial charge in [0.25, 0.3) is 5.56 Å². The van der Waals surface area contributed by atoms with Gasteiger partial charge in [0.15, 0.2) is 11.2 Å². The molecule has 1 fully saturated rings. The third-order valence-electron chi connectivity index (χ3n) is 3.75. The molecule has 10 nitrogen and oxygen atoms in total. The molecule has 0 radical (unpaired) electrons. The summed E-state index contributed by atoms with van der Waals surface area (Å²) in [6.07, 6.45) is -2.66. The normalized spacial score (nSPS) is 32.0. The maximum atomic E-state index is 12.1. The van der Waals surface area contributed by atoms with Crippen molar-refractivity contribution in [2.45, 2.75) is 23.4 Å². The van der Waals surface area contributed by atoms with E-state index in [-0.39, 0.29) is 17.1 Å². The van der Waals surface area contributed by atoms with Crippen LogP contribution >= 0.6 is 12.6 Å². The zero-order chi connectivity index (χ0) is 16.2.